The smallest absolute Gasteiger partial charge is 0.407 e. The predicted molar refractivity (Wildman–Crippen MR) is 113 cm³/mol. The van der Waals surface area contributed by atoms with Gasteiger partial charge in [0.15, 0.2) is 0 Å². The molecule has 0 saturated carbocycles. The third-order valence-corrected chi connectivity index (χ3v) is 6.13. The van der Waals surface area contributed by atoms with Crippen LogP contribution in [0.25, 0.3) is 0 Å². The second kappa shape index (κ2) is 9.75. The molecule has 0 bridgehead atoms. The Hall–Kier alpha value is -2.51. The Morgan fingerprint density at radius 3 is 2.06 bits per heavy atom. The van der Waals surface area contributed by atoms with Gasteiger partial charge in [-0.2, -0.15) is 0 Å². The molecule has 5 nitrogen and oxygen atoms in total. The number of nitrogens with zero attached hydrogens (tertiary/aromatic N) is 1. The highest BCUT2D eigenvalue weighted by Crippen LogP contribution is 2.30. The number of nitrogens with one attached hydrogen (secondary N) is 1. The maximum absolute atomic E-state index is 13.3. The van der Waals surface area contributed by atoms with Gasteiger partial charge in [-0.1, -0.05) is 24.3 Å². The van der Waals surface area contributed by atoms with E-state index in [2.05, 4.69) is 10.2 Å². The fraction of sp³-hybridized carbons (Fsp3) is 0.458. The molecular formula is C24H28F2N2O3. The van der Waals surface area contributed by atoms with E-state index < -0.39 is 0 Å². The molecule has 2 heterocycles. The van der Waals surface area contributed by atoms with Crippen LogP contribution in [-0.4, -0.2) is 49.4 Å². The molecule has 4 rings (SSSR count). The van der Waals surface area contributed by atoms with Crippen LogP contribution in [0.2, 0.25) is 0 Å². The van der Waals surface area contributed by atoms with Crippen LogP contribution in [0.4, 0.5) is 13.6 Å². The zero-order valence-electron chi connectivity index (χ0n) is 17.5. The number of carbonyl (C=O) groups excluding carboxylic acids is 1. The van der Waals surface area contributed by atoms with Crippen LogP contribution in [0.5, 0.6) is 0 Å². The summed E-state index contributed by atoms with van der Waals surface area (Å²) in [6, 6.07) is 12.5. The Bertz CT molecular complexity index is 820. The number of hydrogen-bond donors (Lipinski definition) is 1. The van der Waals surface area contributed by atoms with Crippen molar-refractivity contribution in [2.75, 3.05) is 32.8 Å². The van der Waals surface area contributed by atoms with E-state index in [4.69, 9.17) is 9.47 Å². The van der Waals surface area contributed by atoms with Gasteiger partial charge in [-0.05, 0) is 54.8 Å². The van der Waals surface area contributed by atoms with Crippen LogP contribution < -0.4 is 5.32 Å². The quantitative estimate of drug-likeness (QED) is 0.630. The summed E-state index contributed by atoms with van der Waals surface area (Å²) in [4.78, 5) is 13.7. The molecule has 2 saturated heterocycles. The molecule has 2 aromatic carbocycles. The maximum atomic E-state index is 13.3. The lowest BCUT2D eigenvalue weighted by Crippen LogP contribution is -2.46. The molecule has 0 atom stereocenters. The molecule has 0 aromatic heterocycles. The number of hydrogen-bond acceptors (Lipinski definition) is 4. The topological polar surface area (TPSA) is 50.8 Å². The molecule has 0 aliphatic carbocycles. The zero-order chi connectivity index (χ0) is 21.7. The first-order chi connectivity index (χ1) is 15.0. The Morgan fingerprint density at radius 2 is 1.55 bits per heavy atom. The van der Waals surface area contributed by atoms with Crippen molar-refractivity contribution in [1.29, 1.82) is 0 Å². The van der Waals surface area contributed by atoms with Crippen LogP contribution in [0.1, 0.15) is 42.9 Å². The number of alkyl carbamates (subject to hydrolysis) is 1. The van der Waals surface area contributed by atoms with E-state index in [1.165, 1.54) is 24.3 Å². The van der Waals surface area contributed by atoms with E-state index in [0.717, 1.165) is 56.4 Å². The molecule has 1 N–H and O–H groups in total. The number of carbonyl (C=O) groups is 1. The number of amides is 1. The molecule has 7 heteroatoms. The van der Waals surface area contributed by atoms with E-state index >= 15 is 0 Å². The molecule has 2 aliphatic heterocycles. The fourth-order valence-electron chi connectivity index (χ4n) is 4.26. The number of ether oxygens (including phenoxy) is 2. The minimum absolute atomic E-state index is 0.298. The van der Waals surface area contributed by atoms with Crippen molar-refractivity contribution in [3.63, 3.8) is 0 Å². The third kappa shape index (κ3) is 5.60. The summed E-state index contributed by atoms with van der Waals surface area (Å²) in [5.41, 5.74) is 1.37. The Balaban J connectivity index is 1.24. The van der Waals surface area contributed by atoms with Crippen molar-refractivity contribution in [1.82, 2.24) is 10.2 Å². The number of halogens is 2. The lowest BCUT2D eigenvalue weighted by molar-refractivity contribution is -0.000198. The van der Waals surface area contributed by atoms with E-state index in [1.54, 1.807) is 24.3 Å². The lowest BCUT2D eigenvalue weighted by atomic mass is 9.91. The molecule has 2 fully saturated rings. The van der Waals surface area contributed by atoms with Gasteiger partial charge in [0.2, 0.25) is 0 Å². The molecule has 31 heavy (non-hydrogen) atoms. The lowest BCUT2D eigenvalue weighted by Gasteiger charge is -2.37. The van der Waals surface area contributed by atoms with Crippen LogP contribution in [0, 0.1) is 11.6 Å². The van der Waals surface area contributed by atoms with Crippen molar-refractivity contribution < 1.29 is 23.0 Å². The summed E-state index contributed by atoms with van der Waals surface area (Å²) in [6.45, 7) is 3.98. The third-order valence-electron chi connectivity index (χ3n) is 6.13. The second-order valence-electron chi connectivity index (χ2n) is 8.33. The molecule has 1 amide bonds. The molecule has 0 unspecified atom stereocenters. The summed E-state index contributed by atoms with van der Waals surface area (Å²) in [5.74, 6) is -0.596. The highest BCUT2D eigenvalue weighted by molar-refractivity contribution is 5.70. The van der Waals surface area contributed by atoms with Gasteiger partial charge < -0.3 is 19.7 Å². The molecule has 2 aliphatic rings. The summed E-state index contributed by atoms with van der Waals surface area (Å²) >= 11 is 0. The van der Waals surface area contributed by atoms with Gasteiger partial charge in [-0.3, -0.25) is 0 Å². The first-order valence-corrected chi connectivity index (χ1v) is 10.8. The standard InChI is InChI=1S/C24H28F2N2O3/c25-20-7-3-18(4-8-20)22(19-5-9-21(26)10-6-19)30-16-2-1-13-28-14-11-24(12-15-28)17-27-23(29)31-24/h3-10,22H,1-2,11-17H2,(H,27,29). The summed E-state index contributed by atoms with van der Waals surface area (Å²) in [5, 5.41) is 2.76. The van der Waals surface area contributed by atoms with Gasteiger partial charge in [0.25, 0.3) is 0 Å². The Labute approximate surface area is 181 Å². The van der Waals surface area contributed by atoms with Gasteiger partial charge in [0.05, 0.1) is 6.54 Å². The zero-order valence-corrected chi connectivity index (χ0v) is 17.5. The van der Waals surface area contributed by atoms with Gasteiger partial charge in [0.1, 0.15) is 23.3 Å². The predicted octanol–water partition coefficient (Wildman–Crippen LogP) is 4.43. The van der Waals surface area contributed by atoms with Gasteiger partial charge in [-0.25, -0.2) is 13.6 Å². The van der Waals surface area contributed by atoms with E-state index in [-0.39, 0.29) is 29.4 Å². The van der Waals surface area contributed by atoms with E-state index in [9.17, 15) is 13.6 Å². The number of rotatable bonds is 8. The first kappa shape index (κ1) is 21.7. The summed E-state index contributed by atoms with van der Waals surface area (Å²) in [6.07, 6.45) is 2.93. The first-order valence-electron chi connectivity index (χ1n) is 10.8. The summed E-state index contributed by atoms with van der Waals surface area (Å²) < 4.78 is 38.3. The average molecular weight is 430 g/mol. The average Bonchev–Trinajstić information content (AvgIpc) is 3.14. The van der Waals surface area contributed by atoms with Crippen LogP contribution in [0.3, 0.4) is 0 Å². The molecular weight excluding hydrogens is 402 g/mol. The molecule has 1 spiro atoms. The highest BCUT2D eigenvalue weighted by Gasteiger charge is 2.42. The molecule has 0 radical (unpaired) electrons. The summed E-state index contributed by atoms with van der Waals surface area (Å²) in [7, 11) is 0. The Kier molecular flexibility index (Phi) is 6.83. The molecule has 2 aromatic rings. The van der Waals surface area contributed by atoms with Crippen molar-refractivity contribution in [2.24, 2.45) is 0 Å². The normalized spacial score (nSPS) is 18.4. The Morgan fingerprint density at radius 1 is 0.968 bits per heavy atom. The second-order valence-corrected chi connectivity index (χ2v) is 8.33. The van der Waals surface area contributed by atoms with Crippen molar-refractivity contribution in [3.05, 3.63) is 71.3 Å². The number of unbranched alkanes of at least 4 members (excludes halogenated alkanes) is 1. The van der Waals surface area contributed by atoms with Crippen molar-refractivity contribution in [2.45, 2.75) is 37.4 Å². The van der Waals surface area contributed by atoms with Gasteiger partial charge >= 0.3 is 6.09 Å². The van der Waals surface area contributed by atoms with Crippen LogP contribution >= 0.6 is 0 Å². The van der Waals surface area contributed by atoms with E-state index in [1.807, 2.05) is 0 Å². The SMILES string of the molecule is O=C1NCC2(CCN(CCCCOC(c3ccc(F)cc3)c3ccc(F)cc3)CC2)O1. The highest BCUT2D eigenvalue weighted by atomic mass is 19.1. The van der Waals surface area contributed by atoms with Gasteiger partial charge in [-0.15, -0.1) is 0 Å². The van der Waals surface area contributed by atoms with E-state index in [0.29, 0.717) is 13.2 Å². The number of piperidine rings is 1. The van der Waals surface area contributed by atoms with Crippen molar-refractivity contribution in [3.8, 4) is 0 Å². The minimum atomic E-state index is -0.361. The van der Waals surface area contributed by atoms with Crippen molar-refractivity contribution >= 4 is 6.09 Å². The van der Waals surface area contributed by atoms with Crippen LogP contribution in [-0.2, 0) is 9.47 Å². The van der Waals surface area contributed by atoms with Gasteiger partial charge in [0, 0.05) is 32.5 Å². The van der Waals surface area contributed by atoms with Crippen LogP contribution in [0.15, 0.2) is 48.5 Å². The maximum Gasteiger partial charge on any atom is 0.407 e. The fourth-order valence-corrected chi connectivity index (χ4v) is 4.26. The number of likely N-dealkylation sites (tertiary alicyclic amines) is 1. The number of benzene rings is 2. The minimum Gasteiger partial charge on any atom is -0.441 e. The monoisotopic (exact) mass is 430 g/mol. The largest absolute Gasteiger partial charge is 0.441 e. The molecule has 166 valence electrons.